The molecule has 1 aromatic carbocycles. The van der Waals surface area contributed by atoms with Gasteiger partial charge in [-0.3, -0.25) is 4.90 Å². The standard InChI is InChI=1S/C14H19N3O/c1-2-17(9-8-15)11-13-10-14(16-18-13)12-6-4-3-5-7-12/h3-7,10H,2,8-9,11,15H2,1H3. The smallest absolute Gasteiger partial charge is 0.151 e. The summed E-state index contributed by atoms with van der Waals surface area (Å²) in [7, 11) is 0. The maximum absolute atomic E-state index is 5.57. The van der Waals surface area contributed by atoms with Gasteiger partial charge < -0.3 is 10.3 Å². The summed E-state index contributed by atoms with van der Waals surface area (Å²) in [6, 6.07) is 12.0. The van der Waals surface area contributed by atoms with E-state index in [9.17, 15) is 0 Å². The maximum Gasteiger partial charge on any atom is 0.151 e. The van der Waals surface area contributed by atoms with Crippen LogP contribution in [-0.2, 0) is 6.54 Å². The Morgan fingerprint density at radius 2 is 2.06 bits per heavy atom. The summed E-state index contributed by atoms with van der Waals surface area (Å²) in [6.07, 6.45) is 0. The van der Waals surface area contributed by atoms with Crippen molar-refractivity contribution in [2.24, 2.45) is 5.73 Å². The molecule has 0 aliphatic heterocycles. The van der Waals surface area contributed by atoms with Gasteiger partial charge in [0.25, 0.3) is 0 Å². The zero-order chi connectivity index (χ0) is 12.8. The second kappa shape index (κ2) is 6.33. The highest BCUT2D eigenvalue weighted by Gasteiger charge is 2.09. The Labute approximate surface area is 107 Å². The molecule has 0 amide bonds. The van der Waals surface area contributed by atoms with Gasteiger partial charge in [0.15, 0.2) is 5.76 Å². The lowest BCUT2D eigenvalue weighted by Crippen LogP contribution is -2.28. The quantitative estimate of drug-likeness (QED) is 0.847. The molecule has 0 fully saturated rings. The summed E-state index contributed by atoms with van der Waals surface area (Å²) < 4.78 is 5.37. The molecule has 0 aliphatic carbocycles. The fourth-order valence-electron chi connectivity index (χ4n) is 1.88. The predicted octanol–water partition coefficient (Wildman–Crippen LogP) is 2.12. The van der Waals surface area contributed by atoms with E-state index in [1.54, 1.807) is 0 Å². The zero-order valence-electron chi connectivity index (χ0n) is 10.7. The van der Waals surface area contributed by atoms with Crippen LogP contribution in [0.15, 0.2) is 40.9 Å². The Morgan fingerprint density at radius 1 is 1.28 bits per heavy atom. The van der Waals surface area contributed by atoms with Crippen LogP contribution in [-0.4, -0.2) is 29.7 Å². The average Bonchev–Trinajstić information content (AvgIpc) is 2.88. The predicted molar refractivity (Wildman–Crippen MR) is 71.9 cm³/mol. The molecule has 0 atom stereocenters. The molecule has 0 bridgehead atoms. The van der Waals surface area contributed by atoms with Gasteiger partial charge in [-0.2, -0.15) is 0 Å². The van der Waals surface area contributed by atoms with Crippen LogP contribution in [0.4, 0.5) is 0 Å². The monoisotopic (exact) mass is 245 g/mol. The van der Waals surface area contributed by atoms with E-state index < -0.39 is 0 Å². The highest BCUT2D eigenvalue weighted by atomic mass is 16.5. The van der Waals surface area contributed by atoms with Gasteiger partial charge in [0.2, 0.25) is 0 Å². The van der Waals surface area contributed by atoms with Gasteiger partial charge in [0, 0.05) is 24.7 Å². The van der Waals surface area contributed by atoms with Crippen LogP contribution < -0.4 is 5.73 Å². The van der Waals surface area contributed by atoms with Crippen molar-refractivity contribution in [1.29, 1.82) is 0 Å². The second-order valence-electron chi connectivity index (χ2n) is 4.20. The van der Waals surface area contributed by atoms with Gasteiger partial charge >= 0.3 is 0 Å². The van der Waals surface area contributed by atoms with Crippen molar-refractivity contribution in [2.45, 2.75) is 13.5 Å². The highest BCUT2D eigenvalue weighted by Crippen LogP contribution is 2.19. The van der Waals surface area contributed by atoms with E-state index >= 15 is 0 Å². The Balaban J connectivity index is 2.06. The molecule has 4 heteroatoms. The zero-order valence-corrected chi connectivity index (χ0v) is 10.7. The number of hydrogen-bond donors (Lipinski definition) is 1. The van der Waals surface area contributed by atoms with Gasteiger partial charge in [0.1, 0.15) is 5.69 Å². The van der Waals surface area contributed by atoms with Crippen molar-refractivity contribution in [2.75, 3.05) is 19.6 Å². The van der Waals surface area contributed by atoms with Gasteiger partial charge in [-0.25, -0.2) is 0 Å². The third kappa shape index (κ3) is 3.18. The Bertz CT molecular complexity index is 467. The first-order chi connectivity index (χ1) is 8.83. The molecule has 0 unspecified atom stereocenters. The summed E-state index contributed by atoms with van der Waals surface area (Å²) in [5, 5.41) is 4.10. The van der Waals surface area contributed by atoms with Crippen LogP contribution in [0.5, 0.6) is 0 Å². The Morgan fingerprint density at radius 3 is 2.72 bits per heavy atom. The molecular weight excluding hydrogens is 226 g/mol. The number of aromatic nitrogens is 1. The first kappa shape index (κ1) is 12.8. The van der Waals surface area contributed by atoms with E-state index in [2.05, 4.69) is 17.0 Å². The molecule has 18 heavy (non-hydrogen) atoms. The van der Waals surface area contributed by atoms with E-state index in [1.807, 2.05) is 36.4 Å². The first-order valence-corrected chi connectivity index (χ1v) is 6.27. The average molecular weight is 245 g/mol. The van der Waals surface area contributed by atoms with Crippen molar-refractivity contribution >= 4 is 0 Å². The SMILES string of the molecule is CCN(CCN)Cc1cc(-c2ccccc2)no1. The highest BCUT2D eigenvalue weighted by molar-refractivity contribution is 5.58. The van der Waals surface area contributed by atoms with Crippen LogP contribution in [0.3, 0.4) is 0 Å². The van der Waals surface area contributed by atoms with Gasteiger partial charge in [0.05, 0.1) is 6.54 Å². The van der Waals surface area contributed by atoms with E-state index in [0.29, 0.717) is 6.54 Å². The summed E-state index contributed by atoms with van der Waals surface area (Å²) in [5.41, 5.74) is 7.53. The molecule has 2 aromatic rings. The van der Waals surface area contributed by atoms with Gasteiger partial charge in [-0.05, 0) is 6.54 Å². The second-order valence-corrected chi connectivity index (χ2v) is 4.20. The Kier molecular flexibility index (Phi) is 4.50. The van der Waals surface area contributed by atoms with Crippen LogP contribution in [0.2, 0.25) is 0 Å². The largest absolute Gasteiger partial charge is 0.359 e. The lowest BCUT2D eigenvalue weighted by atomic mass is 10.1. The summed E-state index contributed by atoms with van der Waals surface area (Å²) in [4.78, 5) is 2.23. The fourth-order valence-corrected chi connectivity index (χ4v) is 1.88. The van der Waals surface area contributed by atoms with Crippen LogP contribution in [0.25, 0.3) is 11.3 Å². The molecule has 4 nitrogen and oxygen atoms in total. The molecule has 2 rings (SSSR count). The molecule has 96 valence electrons. The molecular formula is C14H19N3O. The molecule has 1 aromatic heterocycles. The van der Waals surface area contributed by atoms with Gasteiger partial charge in [-0.15, -0.1) is 0 Å². The van der Waals surface area contributed by atoms with Crippen molar-refractivity contribution in [1.82, 2.24) is 10.1 Å². The van der Waals surface area contributed by atoms with E-state index in [4.69, 9.17) is 10.3 Å². The fraction of sp³-hybridized carbons (Fsp3) is 0.357. The molecule has 1 heterocycles. The van der Waals surface area contributed by atoms with Crippen molar-refractivity contribution in [3.63, 3.8) is 0 Å². The maximum atomic E-state index is 5.57. The minimum absolute atomic E-state index is 0.660. The lowest BCUT2D eigenvalue weighted by molar-refractivity contribution is 0.247. The number of benzene rings is 1. The van der Waals surface area contributed by atoms with E-state index in [1.165, 1.54) is 0 Å². The number of nitrogens with two attached hydrogens (primary N) is 1. The van der Waals surface area contributed by atoms with E-state index in [0.717, 1.165) is 36.7 Å². The Hall–Kier alpha value is -1.65. The van der Waals surface area contributed by atoms with E-state index in [-0.39, 0.29) is 0 Å². The van der Waals surface area contributed by atoms with Crippen LogP contribution in [0.1, 0.15) is 12.7 Å². The minimum atomic E-state index is 0.660. The van der Waals surface area contributed by atoms with Crippen molar-refractivity contribution in [3.05, 3.63) is 42.2 Å². The van der Waals surface area contributed by atoms with Crippen LogP contribution in [0, 0.1) is 0 Å². The lowest BCUT2D eigenvalue weighted by Gasteiger charge is -2.16. The molecule has 0 aliphatic rings. The number of hydrogen-bond acceptors (Lipinski definition) is 4. The molecule has 0 saturated heterocycles. The molecule has 2 N–H and O–H groups in total. The summed E-state index contributed by atoms with van der Waals surface area (Å²) >= 11 is 0. The summed E-state index contributed by atoms with van der Waals surface area (Å²) in [5.74, 6) is 0.879. The summed E-state index contributed by atoms with van der Waals surface area (Å²) in [6.45, 7) is 5.36. The number of nitrogens with zero attached hydrogens (tertiary/aromatic N) is 2. The van der Waals surface area contributed by atoms with Gasteiger partial charge in [-0.1, -0.05) is 42.4 Å². The van der Waals surface area contributed by atoms with Crippen LogP contribution >= 0.6 is 0 Å². The number of rotatable bonds is 6. The van der Waals surface area contributed by atoms with Crippen molar-refractivity contribution in [3.8, 4) is 11.3 Å². The minimum Gasteiger partial charge on any atom is -0.359 e. The molecule has 0 saturated carbocycles. The first-order valence-electron chi connectivity index (χ1n) is 6.27. The third-order valence-corrected chi connectivity index (χ3v) is 2.90. The molecule has 0 spiro atoms. The molecule has 0 radical (unpaired) electrons. The third-order valence-electron chi connectivity index (χ3n) is 2.90. The number of likely N-dealkylation sites (N-methyl/N-ethyl adjacent to an activating group) is 1. The van der Waals surface area contributed by atoms with Crippen molar-refractivity contribution < 1.29 is 4.52 Å². The normalized spacial score (nSPS) is 11.1. The topological polar surface area (TPSA) is 55.3 Å².